The van der Waals surface area contributed by atoms with Gasteiger partial charge in [0.2, 0.25) is 0 Å². The summed E-state index contributed by atoms with van der Waals surface area (Å²) < 4.78 is 5.48. The monoisotopic (exact) mass is 208 g/mol. The molecular formula is C12H20N2O. The van der Waals surface area contributed by atoms with E-state index in [0.29, 0.717) is 5.92 Å². The molecule has 0 heterocycles. The molecule has 3 heteroatoms. The van der Waals surface area contributed by atoms with Crippen LogP contribution >= 0.6 is 0 Å². The van der Waals surface area contributed by atoms with E-state index in [2.05, 4.69) is 31.4 Å². The third-order valence-electron chi connectivity index (χ3n) is 2.60. The van der Waals surface area contributed by atoms with Crippen LogP contribution in [-0.2, 0) is 4.74 Å². The molecule has 0 amide bonds. The molecule has 1 aromatic carbocycles. The van der Waals surface area contributed by atoms with Gasteiger partial charge in [-0.1, -0.05) is 44.2 Å². The van der Waals surface area contributed by atoms with Crippen molar-refractivity contribution in [2.75, 3.05) is 7.11 Å². The molecule has 3 nitrogen and oxygen atoms in total. The van der Waals surface area contributed by atoms with E-state index in [4.69, 9.17) is 10.6 Å². The van der Waals surface area contributed by atoms with Crippen LogP contribution in [0.4, 0.5) is 0 Å². The highest BCUT2D eigenvalue weighted by Crippen LogP contribution is 2.23. The molecule has 0 aliphatic rings. The predicted molar refractivity (Wildman–Crippen MR) is 62.1 cm³/mol. The van der Waals surface area contributed by atoms with Gasteiger partial charge >= 0.3 is 0 Å². The van der Waals surface area contributed by atoms with Crippen LogP contribution in [-0.4, -0.2) is 13.2 Å². The first-order valence-corrected chi connectivity index (χ1v) is 5.24. The average Bonchev–Trinajstić information content (AvgIpc) is 2.26. The van der Waals surface area contributed by atoms with Crippen molar-refractivity contribution in [3.05, 3.63) is 35.9 Å². The van der Waals surface area contributed by atoms with Crippen LogP contribution in [0.1, 0.15) is 25.5 Å². The maximum absolute atomic E-state index is 5.59. The molecule has 0 fully saturated rings. The number of rotatable bonds is 5. The second-order valence-corrected chi connectivity index (χ2v) is 4.00. The molecule has 0 saturated heterocycles. The third-order valence-corrected chi connectivity index (χ3v) is 2.60. The maximum atomic E-state index is 5.59. The topological polar surface area (TPSA) is 47.3 Å². The van der Waals surface area contributed by atoms with Crippen molar-refractivity contribution in [2.45, 2.75) is 26.0 Å². The van der Waals surface area contributed by atoms with Crippen molar-refractivity contribution < 1.29 is 4.74 Å². The molecule has 0 spiro atoms. The number of ether oxygens (including phenoxy) is 1. The second kappa shape index (κ2) is 5.85. The predicted octanol–water partition coefficient (Wildman–Crippen LogP) is 1.86. The van der Waals surface area contributed by atoms with Crippen LogP contribution in [0.5, 0.6) is 0 Å². The Hall–Kier alpha value is -0.900. The van der Waals surface area contributed by atoms with Crippen LogP contribution in [0.2, 0.25) is 0 Å². The fourth-order valence-electron chi connectivity index (χ4n) is 1.83. The minimum atomic E-state index is 0.0381. The van der Waals surface area contributed by atoms with Gasteiger partial charge in [-0.2, -0.15) is 0 Å². The number of methoxy groups -OCH3 is 1. The summed E-state index contributed by atoms with van der Waals surface area (Å²) in [5.41, 5.74) is 3.98. The first kappa shape index (κ1) is 12.2. The summed E-state index contributed by atoms with van der Waals surface area (Å²) in [5.74, 6) is 6.00. The molecule has 2 atom stereocenters. The Labute approximate surface area is 91.6 Å². The molecule has 0 radical (unpaired) electrons. The Morgan fingerprint density at radius 2 is 1.80 bits per heavy atom. The number of nitrogens with one attached hydrogen (secondary N) is 1. The molecule has 0 aliphatic carbocycles. The first-order valence-electron chi connectivity index (χ1n) is 5.24. The number of nitrogens with two attached hydrogens (primary N) is 1. The van der Waals surface area contributed by atoms with Gasteiger partial charge in [-0.3, -0.25) is 11.3 Å². The molecule has 0 saturated carbocycles. The molecule has 1 rings (SSSR count). The normalized spacial score (nSPS) is 15.3. The minimum absolute atomic E-state index is 0.0381. The SMILES string of the molecule is COC(C(C)C)C(NN)c1ccccc1. The standard InChI is InChI=1S/C12H20N2O/c1-9(2)12(15-3)11(14-13)10-7-5-4-6-8-10/h4-9,11-12,14H,13H2,1-3H3. The van der Waals surface area contributed by atoms with E-state index in [1.165, 1.54) is 0 Å². The third kappa shape index (κ3) is 3.02. The van der Waals surface area contributed by atoms with E-state index in [1.807, 2.05) is 18.2 Å². The summed E-state index contributed by atoms with van der Waals surface area (Å²) in [7, 11) is 1.72. The Bertz CT molecular complexity index is 274. The van der Waals surface area contributed by atoms with E-state index in [0.717, 1.165) is 5.56 Å². The lowest BCUT2D eigenvalue weighted by Crippen LogP contribution is -2.40. The zero-order valence-electron chi connectivity index (χ0n) is 9.60. The molecule has 0 bridgehead atoms. The molecule has 1 aromatic rings. The van der Waals surface area contributed by atoms with Gasteiger partial charge < -0.3 is 4.74 Å². The largest absolute Gasteiger partial charge is 0.379 e. The number of benzene rings is 1. The van der Waals surface area contributed by atoms with E-state index in [1.54, 1.807) is 7.11 Å². The lowest BCUT2D eigenvalue weighted by molar-refractivity contribution is 0.0326. The van der Waals surface area contributed by atoms with Crippen LogP contribution in [0.15, 0.2) is 30.3 Å². The van der Waals surface area contributed by atoms with Crippen LogP contribution < -0.4 is 11.3 Å². The lowest BCUT2D eigenvalue weighted by Gasteiger charge is -2.28. The summed E-state index contributed by atoms with van der Waals surface area (Å²) >= 11 is 0. The quantitative estimate of drug-likeness (QED) is 0.573. The Balaban J connectivity index is 2.87. The summed E-state index contributed by atoms with van der Waals surface area (Å²) in [4.78, 5) is 0. The molecule has 2 unspecified atom stereocenters. The molecule has 3 N–H and O–H groups in total. The van der Waals surface area contributed by atoms with Crippen LogP contribution in [0.25, 0.3) is 0 Å². The average molecular weight is 208 g/mol. The van der Waals surface area contributed by atoms with E-state index in [9.17, 15) is 0 Å². The number of hydrogen-bond acceptors (Lipinski definition) is 3. The summed E-state index contributed by atoms with van der Waals surface area (Å²) in [5, 5.41) is 0. The smallest absolute Gasteiger partial charge is 0.0801 e. The Morgan fingerprint density at radius 3 is 2.20 bits per heavy atom. The second-order valence-electron chi connectivity index (χ2n) is 4.00. The number of hydrazine groups is 1. The molecular weight excluding hydrogens is 188 g/mol. The lowest BCUT2D eigenvalue weighted by atomic mass is 9.94. The van der Waals surface area contributed by atoms with Crippen molar-refractivity contribution in [3.8, 4) is 0 Å². The highest BCUT2D eigenvalue weighted by atomic mass is 16.5. The van der Waals surface area contributed by atoms with Crippen molar-refractivity contribution in [1.29, 1.82) is 0 Å². The van der Waals surface area contributed by atoms with Crippen molar-refractivity contribution in [3.63, 3.8) is 0 Å². The molecule has 0 aromatic heterocycles. The van der Waals surface area contributed by atoms with Crippen molar-refractivity contribution in [1.82, 2.24) is 5.43 Å². The van der Waals surface area contributed by atoms with Gasteiger partial charge in [0.15, 0.2) is 0 Å². The van der Waals surface area contributed by atoms with Crippen molar-refractivity contribution >= 4 is 0 Å². The van der Waals surface area contributed by atoms with Crippen LogP contribution in [0, 0.1) is 5.92 Å². The Morgan fingerprint density at radius 1 is 1.20 bits per heavy atom. The minimum Gasteiger partial charge on any atom is -0.379 e. The summed E-state index contributed by atoms with van der Waals surface area (Å²) in [6.45, 7) is 4.25. The fraction of sp³-hybridized carbons (Fsp3) is 0.500. The molecule has 0 aliphatic heterocycles. The van der Waals surface area contributed by atoms with Gasteiger partial charge in [-0.15, -0.1) is 0 Å². The maximum Gasteiger partial charge on any atom is 0.0801 e. The fourth-order valence-corrected chi connectivity index (χ4v) is 1.83. The number of hydrogen-bond donors (Lipinski definition) is 2. The first-order chi connectivity index (χ1) is 7.20. The highest BCUT2D eigenvalue weighted by molar-refractivity contribution is 5.20. The zero-order chi connectivity index (χ0) is 11.3. The van der Waals surface area contributed by atoms with E-state index >= 15 is 0 Å². The van der Waals surface area contributed by atoms with E-state index < -0.39 is 0 Å². The van der Waals surface area contributed by atoms with Gasteiger partial charge in [0.05, 0.1) is 12.1 Å². The van der Waals surface area contributed by atoms with E-state index in [-0.39, 0.29) is 12.1 Å². The van der Waals surface area contributed by atoms with Gasteiger partial charge in [0, 0.05) is 7.11 Å². The summed E-state index contributed by atoms with van der Waals surface area (Å²) in [6, 6.07) is 10.2. The molecule has 15 heavy (non-hydrogen) atoms. The van der Waals surface area contributed by atoms with Gasteiger partial charge in [0.1, 0.15) is 0 Å². The van der Waals surface area contributed by atoms with Gasteiger partial charge in [-0.25, -0.2) is 0 Å². The Kier molecular flexibility index (Phi) is 4.75. The molecule has 84 valence electrons. The highest BCUT2D eigenvalue weighted by Gasteiger charge is 2.24. The summed E-state index contributed by atoms with van der Waals surface area (Å²) in [6.07, 6.45) is 0.0809. The van der Waals surface area contributed by atoms with Crippen LogP contribution in [0.3, 0.4) is 0 Å². The van der Waals surface area contributed by atoms with Crippen molar-refractivity contribution in [2.24, 2.45) is 11.8 Å². The van der Waals surface area contributed by atoms with Gasteiger partial charge in [0.25, 0.3) is 0 Å². The zero-order valence-corrected chi connectivity index (χ0v) is 9.60. The van der Waals surface area contributed by atoms with Gasteiger partial charge in [-0.05, 0) is 11.5 Å².